The molecule has 0 fully saturated rings. The smallest absolute Gasteiger partial charge is 0.479 e. The molecular weight excluding hydrogens is 285 g/mol. The number of ether oxygens (including phenoxy) is 1. The Balaban J connectivity index is 2.63. The number of halogens is 3. The molecule has 3 N–H and O–H groups in total. The van der Waals surface area contributed by atoms with Gasteiger partial charge in [-0.25, -0.2) is 15.1 Å². The van der Waals surface area contributed by atoms with Crippen molar-refractivity contribution in [2.75, 3.05) is 11.9 Å². The summed E-state index contributed by atoms with van der Waals surface area (Å²) in [5.41, 5.74) is 1.42. The fourth-order valence-electron chi connectivity index (χ4n) is 1.09. The van der Waals surface area contributed by atoms with Crippen molar-refractivity contribution in [2.24, 2.45) is 0 Å². The van der Waals surface area contributed by atoms with Gasteiger partial charge in [-0.2, -0.15) is 0 Å². The fourth-order valence-corrected chi connectivity index (χ4v) is 1.09. The highest BCUT2D eigenvalue weighted by Crippen LogP contribution is 2.29. The van der Waals surface area contributed by atoms with E-state index in [9.17, 15) is 22.8 Å². The molecule has 0 aliphatic carbocycles. The molecule has 1 aromatic rings. The highest BCUT2D eigenvalue weighted by atomic mass is 19.4. The quantitative estimate of drug-likeness (QED) is 0.718. The van der Waals surface area contributed by atoms with Crippen molar-refractivity contribution in [3.63, 3.8) is 0 Å². The molecule has 10 heteroatoms. The summed E-state index contributed by atoms with van der Waals surface area (Å²) in [4.78, 5) is 25.6. The molecule has 0 saturated carbocycles. The van der Waals surface area contributed by atoms with Gasteiger partial charge in [0.15, 0.2) is 12.4 Å². The number of carbonyl (C=O) groups excluding carboxylic acids is 1. The molecule has 20 heavy (non-hydrogen) atoms. The topological polar surface area (TPSA) is 96.9 Å². The SMILES string of the molecule is O=C(O)CONC(=O)Nc1ccccc1OC(F)(F)F. The number of hydrogen-bond donors (Lipinski definition) is 3. The average molecular weight is 294 g/mol. The van der Waals surface area contributed by atoms with Crippen LogP contribution < -0.4 is 15.5 Å². The summed E-state index contributed by atoms with van der Waals surface area (Å²) >= 11 is 0. The van der Waals surface area contributed by atoms with E-state index in [-0.39, 0.29) is 5.69 Å². The molecule has 1 rings (SSSR count). The first-order chi connectivity index (χ1) is 9.28. The Bertz CT molecular complexity index is 492. The Morgan fingerprint density at radius 1 is 1.25 bits per heavy atom. The van der Waals surface area contributed by atoms with Crippen molar-refractivity contribution in [3.05, 3.63) is 24.3 Å². The van der Waals surface area contributed by atoms with Crippen LogP contribution in [0.4, 0.5) is 23.7 Å². The van der Waals surface area contributed by atoms with Gasteiger partial charge in [-0.15, -0.1) is 13.2 Å². The van der Waals surface area contributed by atoms with E-state index in [4.69, 9.17) is 5.11 Å². The molecular formula is C10H9F3N2O5. The maximum Gasteiger partial charge on any atom is 0.573 e. The van der Waals surface area contributed by atoms with Crippen LogP contribution >= 0.6 is 0 Å². The van der Waals surface area contributed by atoms with E-state index in [0.717, 1.165) is 12.1 Å². The first-order valence-corrected chi connectivity index (χ1v) is 5.03. The number of amides is 2. The second kappa shape index (κ2) is 6.61. The van der Waals surface area contributed by atoms with E-state index < -0.39 is 30.7 Å². The lowest BCUT2D eigenvalue weighted by Crippen LogP contribution is -2.31. The van der Waals surface area contributed by atoms with Crippen LogP contribution in [0.5, 0.6) is 5.75 Å². The van der Waals surface area contributed by atoms with Crippen LogP contribution in [-0.2, 0) is 9.63 Å². The van der Waals surface area contributed by atoms with Gasteiger partial charge in [0.1, 0.15) is 0 Å². The second-order valence-corrected chi connectivity index (χ2v) is 3.28. The van der Waals surface area contributed by atoms with Crippen LogP contribution in [0, 0.1) is 0 Å². The molecule has 0 aliphatic heterocycles. The lowest BCUT2D eigenvalue weighted by molar-refractivity contribution is -0.274. The number of urea groups is 1. The number of para-hydroxylation sites is 2. The van der Waals surface area contributed by atoms with Crippen molar-refractivity contribution in [3.8, 4) is 5.75 Å². The first-order valence-electron chi connectivity index (χ1n) is 5.03. The minimum Gasteiger partial charge on any atom is -0.479 e. The van der Waals surface area contributed by atoms with Gasteiger partial charge < -0.3 is 15.2 Å². The van der Waals surface area contributed by atoms with E-state index in [2.05, 4.69) is 9.57 Å². The fraction of sp³-hybridized carbons (Fsp3) is 0.200. The predicted octanol–water partition coefficient (Wildman–Crippen LogP) is 1.72. The van der Waals surface area contributed by atoms with Crippen LogP contribution in [0.1, 0.15) is 0 Å². The first kappa shape index (κ1) is 15.6. The van der Waals surface area contributed by atoms with Gasteiger partial charge in [0, 0.05) is 0 Å². The molecule has 0 bridgehead atoms. The molecule has 0 saturated heterocycles. The summed E-state index contributed by atoms with van der Waals surface area (Å²) in [6, 6.07) is 3.77. The summed E-state index contributed by atoms with van der Waals surface area (Å²) < 4.78 is 40.0. The predicted molar refractivity (Wildman–Crippen MR) is 58.9 cm³/mol. The number of carboxylic acids is 1. The molecule has 0 aliphatic rings. The summed E-state index contributed by atoms with van der Waals surface area (Å²) in [6.45, 7) is -0.798. The summed E-state index contributed by atoms with van der Waals surface area (Å²) in [5, 5.41) is 10.3. The van der Waals surface area contributed by atoms with Gasteiger partial charge in [-0.05, 0) is 12.1 Å². The van der Waals surface area contributed by atoms with E-state index in [1.807, 2.05) is 5.32 Å². The van der Waals surface area contributed by atoms with Crippen molar-refractivity contribution in [2.45, 2.75) is 6.36 Å². The maximum atomic E-state index is 12.1. The van der Waals surface area contributed by atoms with E-state index >= 15 is 0 Å². The Kier molecular flexibility index (Phi) is 5.15. The van der Waals surface area contributed by atoms with Gasteiger partial charge >= 0.3 is 18.4 Å². The number of benzene rings is 1. The van der Waals surface area contributed by atoms with Gasteiger partial charge in [-0.3, -0.25) is 4.84 Å². The Morgan fingerprint density at radius 3 is 2.50 bits per heavy atom. The number of alkyl halides is 3. The molecule has 2 amide bonds. The number of hydrogen-bond acceptors (Lipinski definition) is 4. The Hall–Kier alpha value is -2.49. The van der Waals surface area contributed by atoms with Crippen molar-refractivity contribution < 1.29 is 37.4 Å². The van der Waals surface area contributed by atoms with Crippen LogP contribution in [0.3, 0.4) is 0 Å². The zero-order valence-electron chi connectivity index (χ0n) is 9.73. The number of hydroxylamine groups is 1. The summed E-state index contributed by atoms with van der Waals surface area (Å²) in [6.07, 6.45) is -4.91. The summed E-state index contributed by atoms with van der Waals surface area (Å²) in [5.74, 6) is -1.94. The van der Waals surface area contributed by atoms with Gasteiger partial charge in [0.25, 0.3) is 0 Å². The standard InChI is InChI=1S/C10H9F3N2O5/c11-10(12,13)20-7-4-2-1-3-6(7)14-9(18)15-19-5-8(16)17/h1-4H,5H2,(H,16,17)(H2,14,15,18). The van der Waals surface area contributed by atoms with E-state index in [0.29, 0.717) is 0 Å². The monoisotopic (exact) mass is 294 g/mol. The minimum atomic E-state index is -4.91. The minimum absolute atomic E-state index is 0.263. The number of aliphatic carboxylic acids is 1. The normalized spacial score (nSPS) is 10.8. The Morgan fingerprint density at radius 2 is 1.90 bits per heavy atom. The van der Waals surface area contributed by atoms with Gasteiger partial charge in [0.05, 0.1) is 5.69 Å². The van der Waals surface area contributed by atoms with Crippen molar-refractivity contribution in [1.29, 1.82) is 0 Å². The number of carbonyl (C=O) groups is 2. The highest BCUT2D eigenvalue weighted by molar-refractivity contribution is 5.90. The van der Waals surface area contributed by atoms with Crippen molar-refractivity contribution in [1.82, 2.24) is 5.48 Å². The number of nitrogens with one attached hydrogen (secondary N) is 2. The van der Waals surface area contributed by atoms with Crippen LogP contribution in [0.15, 0.2) is 24.3 Å². The molecule has 0 atom stereocenters. The third-order valence-electron chi connectivity index (χ3n) is 1.72. The molecule has 110 valence electrons. The molecule has 7 nitrogen and oxygen atoms in total. The molecule has 0 heterocycles. The van der Waals surface area contributed by atoms with E-state index in [1.54, 1.807) is 5.48 Å². The summed E-state index contributed by atoms with van der Waals surface area (Å²) in [7, 11) is 0. The zero-order chi connectivity index (χ0) is 15.2. The molecule has 0 unspecified atom stereocenters. The molecule has 0 aromatic heterocycles. The van der Waals surface area contributed by atoms with Gasteiger partial charge in [0.2, 0.25) is 0 Å². The van der Waals surface area contributed by atoms with Crippen LogP contribution in [-0.4, -0.2) is 30.1 Å². The molecule has 0 radical (unpaired) electrons. The molecule has 0 spiro atoms. The second-order valence-electron chi connectivity index (χ2n) is 3.28. The largest absolute Gasteiger partial charge is 0.573 e. The lowest BCUT2D eigenvalue weighted by Gasteiger charge is -2.13. The average Bonchev–Trinajstić information content (AvgIpc) is 2.29. The van der Waals surface area contributed by atoms with Crippen LogP contribution in [0.25, 0.3) is 0 Å². The van der Waals surface area contributed by atoms with Crippen molar-refractivity contribution >= 4 is 17.7 Å². The number of anilines is 1. The maximum absolute atomic E-state index is 12.1. The number of rotatable bonds is 5. The Labute approximate surface area is 110 Å². The van der Waals surface area contributed by atoms with Crippen LogP contribution in [0.2, 0.25) is 0 Å². The number of carboxylic acid groups (broad SMARTS) is 1. The van der Waals surface area contributed by atoms with E-state index in [1.165, 1.54) is 12.1 Å². The highest BCUT2D eigenvalue weighted by Gasteiger charge is 2.32. The third kappa shape index (κ3) is 5.91. The molecule has 1 aromatic carbocycles. The third-order valence-corrected chi connectivity index (χ3v) is 1.72. The van der Waals surface area contributed by atoms with Gasteiger partial charge in [-0.1, -0.05) is 12.1 Å². The zero-order valence-corrected chi connectivity index (χ0v) is 9.73. The lowest BCUT2D eigenvalue weighted by atomic mass is 10.3.